The fourth-order valence-electron chi connectivity index (χ4n) is 1.27. The van der Waals surface area contributed by atoms with Crippen LogP contribution in [-0.4, -0.2) is 44.5 Å². The van der Waals surface area contributed by atoms with Crippen molar-refractivity contribution >= 4 is 23.4 Å². The zero-order valence-corrected chi connectivity index (χ0v) is 11.2. The fourth-order valence-corrected chi connectivity index (χ4v) is 1.44. The highest BCUT2D eigenvalue weighted by Gasteiger charge is 2.14. The minimum absolute atomic E-state index is 0.0680. The maximum atomic E-state index is 11.9. The number of rotatable bonds is 4. The van der Waals surface area contributed by atoms with Crippen molar-refractivity contribution in [2.45, 2.75) is 0 Å². The van der Waals surface area contributed by atoms with Crippen molar-refractivity contribution in [1.82, 2.24) is 10.2 Å². The number of hydrogen-bond donors (Lipinski definition) is 1. The molecule has 0 heterocycles. The lowest BCUT2D eigenvalue weighted by Gasteiger charge is -2.12. The minimum atomic E-state index is -0.399. The van der Waals surface area contributed by atoms with Crippen LogP contribution in [0.5, 0.6) is 5.75 Å². The molecule has 1 N–H and O–H groups in total. The lowest BCUT2D eigenvalue weighted by Crippen LogP contribution is -2.36. The summed E-state index contributed by atoms with van der Waals surface area (Å²) in [7, 11) is 4.70. The van der Waals surface area contributed by atoms with E-state index in [-0.39, 0.29) is 12.5 Å². The summed E-state index contributed by atoms with van der Waals surface area (Å²) in [6.07, 6.45) is 0. The molecule has 2 amide bonds. The molecule has 0 atom stereocenters. The molecular weight excluding hydrogens is 256 g/mol. The third kappa shape index (κ3) is 3.63. The first-order valence-electron chi connectivity index (χ1n) is 5.27. The molecule has 0 bridgehead atoms. The average Bonchev–Trinajstić information content (AvgIpc) is 2.35. The number of benzene rings is 1. The number of ether oxygens (including phenoxy) is 1. The van der Waals surface area contributed by atoms with Gasteiger partial charge in [0.25, 0.3) is 5.91 Å². The number of carbonyl (C=O) groups is 2. The first-order chi connectivity index (χ1) is 8.45. The summed E-state index contributed by atoms with van der Waals surface area (Å²) >= 11 is 5.82. The molecule has 0 aromatic heterocycles. The molecule has 0 saturated carbocycles. The normalized spacial score (nSPS) is 9.78. The standard InChI is InChI=1S/C12H15ClN2O3/c1-15(2)11(16)7-14-12(17)9-6-8(13)4-5-10(9)18-3/h4-6H,7H2,1-3H3,(H,14,17). The molecule has 0 aliphatic rings. The largest absolute Gasteiger partial charge is 0.496 e. The number of amides is 2. The minimum Gasteiger partial charge on any atom is -0.496 e. The van der Waals surface area contributed by atoms with Crippen LogP contribution in [0.2, 0.25) is 5.02 Å². The lowest BCUT2D eigenvalue weighted by molar-refractivity contribution is -0.127. The Labute approximate surface area is 111 Å². The Morgan fingerprint density at radius 3 is 2.61 bits per heavy atom. The van der Waals surface area contributed by atoms with Gasteiger partial charge in [0, 0.05) is 19.1 Å². The van der Waals surface area contributed by atoms with Crippen LogP contribution in [0.1, 0.15) is 10.4 Å². The van der Waals surface area contributed by atoms with E-state index in [0.717, 1.165) is 0 Å². The van der Waals surface area contributed by atoms with E-state index >= 15 is 0 Å². The molecule has 0 saturated heterocycles. The van der Waals surface area contributed by atoms with Crippen LogP contribution in [0.3, 0.4) is 0 Å². The van der Waals surface area contributed by atoms with Gasteiger partial charge in [-0.2, -0.15) is 0 Å². The van der Waals surface area contributed by atoms with Crippen LogP contribution in [0.15, 0.2) is 18.2 Å². The van der Waals surface area contributed by atoms with Crippen LogP contribution in [0.25, 0.3) is 0 Å². The van der Waals surface area contributed by atoms with Crippen molar-refractivity contribution < 1.29 is 14.3 Å². The van der Waals surface area contributed by atoms with Gasteiger partial charge in [0.15, 0.2) is 0 Å². The van der Waals surface area contributed by atoms with Crippen molar-refractivity contribution in [3.63, 3.8) is 0 Å². The molecule has 5 nitrogen and oxygen atoms in total. The van der Waals surface area contributed by atoms with Gasteiger partial charge in [-0.15, -0.1) is 0 Å². The number of halogens is 1. The van der Waals surface area contributed by atoms with Crippen molar-refractivity contribution in [1.29, 1.82) is 0 Å². The zero-order chi connectivity index (χ0) is 13.7. The fraction of sp³-hybridized carbons (Fsp3) is 0.333. The number of nitrogens with one attached hydrogen (secondary N) is 1. The zero-order valence-electron chi connectivity index (χ0n) is 10.5. The van der Waals surface area contributed by atoms with Gasteiger partial charge in [-0.25, -0.2) is 0 Å². The second kappa shape index (κ2) is 6.26. The molecular formula is C12H15ClN2O3. The van der Waals surface area contributed by atoms with E-state index in [1.807, 2.05) is 0 Å². The summed E-state index contributed by atoms with van der Waals surface area (Å²) in [5.74, 6) is -0.178. The first kappa shape index (κ1) is 14.3. The van der Waals surface area contributed by atoms with Gasteiger partial charge < -0.3 is 15.0 Å². The molecule has 0 spiro atoms. The molecule has 0 radical (unpaired) electrons. The second-order valence-corrected chi connectivity index (χ2v) is 4.25. The molecule has 98 valence electrons. The first-order valence-corrected chi connectivity index (χ1v) is 5.65. The van der Waals surface area contributed by atoms with Crippen LogP contribution in [0, 0.1) is 0 Å². The smallest absolute Gasteiger partial charge is 0.255 e. The summed E-state index contributed by atoms with van der Waals surface area (Å²) in [5.41, 5.74) is 0.302. The van der Waals surface area contributed by atoms with Gasteiger partial charge in [-0.05, 0) is 18.2 Å². The van der Waals surface area contributed by atoms with E-state index in [4.69, 9.17) is 16.3 Å². The number of carbonyl (C=O) groups excluding carboxylic acids is 2. The quantitative estimate of drug-likeness (QED) is 0.893. The predicted molar refractivity (Wildman–Crippen MR) is 69.0 cm³/mol. The molecule has 0 aliphatic carbocycles. The van der Waals surface area contributed by atoms with Crippen LogP contribution >= 0.6 is 11.6 Å². The molecule has 1 aromatic rings. The Morgan fingerprint density at radius 2 is 2.06 bits per heavy atom. The number of likely N-dealkylation sites (N-methyl/N-ethyl adjacent to an activating group) is 1. The van der Waals surface area contributed by atoms with E-state index < -0.39 is 5.91 Å². The summed E-state index contributed by atoms with van der Waals surface area (Å²) in [4.78, 5) is 24.6. The van der Waals surface area contributed by atoms with Crippen molar-refractivity contribution in [2.75, 3.05) is 27.7 Å². The maximum Gasteiger partial charge on any atom is 0.255 e. The Balaban J connectivity index is 2.78. The molecule has 0 unspecified atom stereocenters. The Hall–Kier alpha value is -1.75. The number of methoxy groups -OCH3 is 1. The van der Waals surface area contributed by atoms with Crippen LogP contribution in [0.4, 0.5) is 0 Å². The van der Waals surface area contributed by atoms with E-state index in [2.05, 4.69) is 5.32 Å². The molecule has 1 aromatic carbocycles. The number of hydrogen-bond acceptors (Lipinski definition) is 3. The third-order valence-electron chi connectivity index (χ3n) is 2.31. The molecule has 18 heavy (non-hydrogen) atoms. The van der Waals surface area contributed by atoms with E-state index in [9.17, 15) is 9.59 Å². The number of nitrogens with zero attached hydrogens (tertiary/aromatic N) is 1. The topological polar surface area (TPSA) is 58.6 Å². The Morgan fingerprint density at radius 1 is 1.39 bits per heavy atom. The monoisotopic (exact) mass is 270 g/mol. The predicted octanol–water partition coefficient (Wildman–Crippen LogP) is 1.17. The second-order valence-electron chi connectivity index (χ2n) is 3.82. The summed E-state index contributed by atoms with van der Waals surface area (Å²) in [6, 6.07) is 4.73. The van der Waals surface area contributed by atoms with Gasteiger partial charge in [-0.3, -0.25) is 9.59 Å². The van der Waals surface area contributed by atoms with E-state index in [0.29, 0.717) is 16.3 Å². The van der Waals surface area contributed by atoms with Crippen LogP contribution in [-0.2, 0) is 4.79 Å². The Bertz CT molecular complexity index is 461. The lowest BCUT2D eigenvalue weighted by atomic mass is 10.2. The molecule has 1 rings (SSSR count). The molecule has 6 heteroatoms. The SMILES string of the molecule is COc1ccc(Cl)cc1C(=O)NCC(=O)N(C)C. The Kier molecular flexibility index (Phi) is 4.97. The average molecular weight is 271 g/mol. The molecule has 0 aliphatic heterocycles. The highest BCUT2D eigenvalue weighted by atomic mass is 35.5. The van der Waals surface area contributed by atoms with Crippen molar-refractivity contribution in [3.05, 3.63) is 28.8 Å². The van der Waals surface area contributed by atoms with Crippen molar-refractivity contribution in [3.8, 4) is 5.75 Å². The van der Waals surface area contributed by atoms with Gasteiger partial charge in [-0.1, -0.05) is 11.6 Å². The summed E-state index contributed by atoms with van der Waals surface area (Å²) in [5, 5.41) is 2.94. The third-order valence-corrected chi connectivity index (χ3v) is 2.54. The van der Waals surface area contributed by atoms with Crippen LogP contribution < -0.4 is 10.1 Å². The maximum absolute atomic E-state index is 11.9. The molecule has 0 fully saturated rings. The van der Waals surface area contributed by atoms with Gasteiger partial charge >= 0.3 is 0 Å². The highest BCUT2D eigenvalue weighted by Crippen LogP contribution is 2.22. The van der Waals surface area contributed by atoms with Gasteiger partial charge in [0.2, 0.25) is 5.91 Å². The van der Waals surface area contributed by atoms with Crippen molar-refractivity contribution in [2.24, 2.45) is 0 Å². The van der Waals surface area contributed by atoms with Gasteiger partial charge in [0.05, 0.1) is 19.2 Å². The van der Waals surface area contributed by atoms with Gasteiger partial charge in [0.1, 0.15) is 5.75 Å². The van der Waals surface area contributed by atoms with E-state index in [1.165, 1.54) is 18.1 Å². The summed E-state index contributed by atoms with van der Waals surface area (Å²) < 4.78 is 5.06. The van der Waals surface area contributed by atoms with E-state index in [1.54, 1.807) is 26.2 Å². The summed E-state index contributed by atoms with van der Waals surface area (Å²) in [6.45, 7) is -0.0680. The highest BCUT2D eigenvalue weighted by molar-refractivity contribution is 6.31.